The van der Waals surface area contributed by atoms with Crippen LogP contribution in [0.15, 0.2) is 11.1 Å². The highest BCUT2D eigenvalue weighted by Gasteiger charge is 2.20. The lowest BCUT2D eigenvalue weighted by molar-refractivity contribution is -0.386. The van der Waals surface area contributed by atoms with E-state index in [2.05, 4.69) is 23.8 Å². The zero-order chi connectivity index (χ0) is 17.4. The highest BCUT2D eigenvalue weighted by Crippen LogP contribution is 2.31. The first kappa shape index (κ1) is 18.9. The van der Waals surface area contributed by atoms with Crippen molar-refractivity contribution in [1.29, 1.82) is 0 Å². The minimum absolute atomic E-state index is 0.0686. The Bertz CT molecular complexity index is 559. The van der Waals surface area contributed by atoms with Gasteiger partial charge >= 0.3 is 5.69 Å². The van der Waals surface area contributed by atoms with Gasteiger partial charge in [-0.3, -0.25) is 10.1 Å². The summed E-state index contributed by atoms with van der Waals surface area (Å²) in [4.78, 5) is 21.1. The van der Waals surface area contributed by atoms with Crippen LogP contribution in [0.2, 0.25) is 0 Å². The zero-order valence-corrected chi connectivity index (χ0v) is 14.6. The summed E-state index contributed by atoms with van der Waals surface area (Å²) < 4.78 is 5.52. The number of hydrogen-bond donors (Lipinski definition) is 0. The molecule has 0 aliphatic heterocycles. The molecule has 0 amide bonds. The molecule has 0 aromatic carbocycles. The van der Waals surface area contributed by atoms with E-state index >= 15 is 0 Å². The molecule has 0 saturated heterocycles. The highest BCUT2D eigenvalue weighted by molar-refractivity contribution is 5.64. The number of hydrogen-bond acceptors (Lipinski definition) is 5. The van der Waals surface area contributed by atoms with Gasteiger partial charge in [0, 0.05) is 19.7 Å². The normalized spacial score (nSPS) is 11.2. The Balaban J connectivity index is 2.93. The van der Waals surface area contributed by atoms with Crippen LogP contribution in [0.5, 0.6) is 5.88 Å². The molecule has 0 aliphatic carbocycles. The second-order valence-corrected chi connectivity index (χ2v) is 5.88. The van der Waals surface area contributed by atoms with Gasteiger partial charge in [-0.15, -0.1) is 0 Å². The number of ether oxygens (including phenoxy) is 1. The fraction of sp³-hybridized carbons (Fsp3) is 0.625. The largest absolute Gasteiger partial charge is 0.473 e. The lowest BCUT2D eigenvalue weighted by atomic mass is 10.1. The average Bonchev–Trinajstić information content (AvgIpc) is 2.49. The summed E-state index contributed by atoms with van der Waals surface area (Å²) >= 11 is 0. The van der Waals surface area contributed by atoms with Crippen molar-refractivity contribution in [3.05, 3.63) is 21.9 Å². The molecule has 0 unspecified atom stereocenters. The van der Waals surface area contributed by atoms with Crippen molar-refractivity contribution in [3.8, 4) is 5.88 Å². The first-order valence-corrected chi connectivity index (χ1v) is 7.88. The topological polar surface area (TPSA) is 80.9 Å². The van der Waals surface area contributed by atoms with E-state index < -0.39 is 4.92 Å². The monoisotopic (exact) mass is 322 g/mol. The van der Waals surface area contributed by atoms with Crippen molar-refractivity contribution in [2.24, 2.45) is 10.9 Å². The second kappa shape index (κ2) is 9.07. The standard InChI is InChI=1S/C16H26N4O3/c1-6-19(5)11-17-14-10-15(20(21)22)16(18-13(14)4)23-9-7-8-12(2)3/h10-12H,6-9H2,1-5H3. The Labute approximate surface area is 137 Å². The molecule has 0 atom stereocenters. The number of pyridine rings is 1. The first-order chi connectivity index (χ1) is 10.8. The van der Waals surface area contributed by atoms with Gasteiger partial charge in [0.05, 0.1) is 29.3 Å². The number of aromatic nitrogens is 1. The van der Waals surface area contributed by atoms with Crippen LogP contribution in [0.4, 0.5) is 11.4 Å². The molecular weight excluding hydrogens is 296 g/mol. The van der Waals surface area contributed by atoms with Gasteiger partial charge in [-0.25, -0.2) is 9.98 Å². The van der Waals surface area contributed by atoms with E-state index in [4.69, 9.17) is 4.74 Å². The smallest absolute Gasteiger partial charge is 0.333 e. The van der Waals surface area contributed by atoms with Crippen LogP contribution in [-0.2, 0) is 0 Å². The molecule has 0 saturated carbocycles. The molecule has 0 fully saturated rings. The zero-order valence-electron chi connectivity index (χ0n) is 14.6. The summed E-state index contributed by atoms with van der Waals surface area (Å²) in [6.07, 6.45) is 3.49. The molecular formula is C16H26N4O3. The van der Waals surface area contributed by atoms with E-state index in [0.29, 0.717) is 23.9 Å². The quantitative estimate of drug-likeness (QED) is 0.227. The minimum atomic E-state index is -0.479. The summed E-state index contributed by atoms with van der Waals surface area (Å²) in [5.41, 5.74) is 0.938. The Hall–Kier alpha value is -2.18. The van der Waals surface area contributed by atoms with Crippen molar-refractivity contribution >= 4 is 17.7 Å². The van der Waals surface area contributed by atoms with Crippen LogP contribution >= 0.6 is 0 Å². The molecule has 0 aliphatic rings. The Morgan fingerprint density at radius 2 is 2.22 bits per heavy atom. The predicted molar refractivity (Wildman–Crippen MR) is 91.7 cm³/mol. The number of nitrogens with zero attached hydrogens (tertiary/aromatic N) is 4. The lowest BCUT2D eigenvalue weighted by Crippen LogP contribution is -2.14. The van der Waals surface area contributed by atoms with Crippen LogP contribution < -0.4 is 4.74 Å². The second-order valence-electron chi connectivity index (χ2n) is 5.88. The Morgan fingerprint density at radius 3 is 2.78 bits per heavy atom. The fourth-order valence-corrected chi connectivity index (χ4v) is 1.83. The summed E-state index contributed by atoms with van der Waals surface area (Å²) in [5, 5.41) is 11.2. The van der Waals surface area contributed by atoms with Gasteiger partial charge in [0.2, 0.25) is 0 Å². The van der Waals surface area contributed by atoms with Crippen LogP contribution in [-0.4, -0.2) is 41.3 Å². The Morgan fingerprint density at radius 1 is 1.52 bits per heavy atom. The third-order valence-corrected chi connectivity index (χ3v) is 3.39. The fourth-order valence-electron chi connectivity index (χ4n) is 1.83. The van der Waals surface area contributed by atoms with E-state index in [-0.39, 0.29) is 11.6 Å². The molecule has 1 aromatic heterocycles. The first-order valence-electron chi connectivity index (χ1n) is 7.88. The van der Waals surface area contributed by atoms with Crippen LogP contribution in [0.25, 0.3) is 0 Å². The third-order valence-electron chi connectivity index (χ3n) is 3.39. The van der Waals surface area contributed by atoms with Gasteiger partial charge in [0.25, 0.3) is 5.88 Å². The van der Waals surface area contributed by atoms with Crippen molar-refractivity contribution in [2.75, 3.05) is 20.2 Å². The molecule has 23 heavy (non-hydrogen) atoms. The molecule has 128 valence electrons. The number of aryl methyl sites for hydroxylation is 1. The van der Waals surface area contributed by atoms with Gasteiger partial charge in [-0.1, -0.05) is 13.8 Å². The van der Waals surface area contributed by atoms with Gasteiger partial charge < -0.3 is 9.64 Å². The van der Waals surface area contributed by atoms with Crippen molar-refractivity contribution < 1.29 is 9.66 Å². The Kier molecular flexibility index (Phi) is 7.44. The molecule has 0 spiro atoms. The number of nitro groups is 1. The molecule has 0 radical (unpaired) electrons. The minimum Gasteiger partial charge on any atom is -0.473 e. The molecule has 0 bridgehead atoms. The van der Waals surface area contributed by atoms with Crippen LogP contribution in [0.1, 0.15) is 39.3 Å². The lowest BCUT2D eigenvalue weighted by Gasteiger charge is -2.10. The molecule has 1 heterocycles. The maximum atomic E-state index is 11.2. The van der Waals surface area contributed by atoms with E-state index in [0.717, 1.165) is 19.4 Å². The van der Waals surface area contributed by atoms with E-state index in [9.17, 15) is 10.1 Å². The SMILES string of the molecule is CCN(C)C=Nc1cc([N+](=O)[O-])c(OCCCC(C)C)nc1C. The maximum absolute atomic E-state index is 11.2. The van der Waals surface area contributed by atoms with Gasteiger partial charge in [0.1, 0.15) is 0 Å². The number of rotatable bonds is 9. The summed E-state index contributed by atoms with van der Waals surface area (Å²) in [5.74, 6) is 0.648. The van der Waals surface area contributed by atoms with E-state index in [1.165, 1.54) is 6.07 Å². The van der Waals surface area contributed by atoms with E-state index in [1.54, 1.807) is 13.3 Å². The average molecular weight is 322 g/mol. The van der Waals surface area contributed by atoms with Gasteiger partial charge in [-0.2, -0.15) is 0 Å². The third kappa shape index (κ3) is 6.22. The highest BCUT2D eigenvalue weighted by atomic mass is 16.6. The van der Waals surface area contributed by atoms with Crippen molar-refractivity contribution in [1.82, 2.24) is 9.88 Å². The van der Waals surface area contributed by atoms with Crippen molar-refractivity contribution in [2.45, 2.75) is 40.5 Å². The van der Waals surface area contributed by atoms with Gasteiger partial charge in [0.15, 0.2) is 0 Å². The number of aliphatic imine (C=N–C) groups is 1. The van der Waals surface area contributed by atoms with Crippen molar-refractivity contribution in [3.63, 3.8) is 0 Å². The molecule has 1 aromatic rings. The molecule has 0 N–H and O–H groups in total. The van der Waals surface area contributed by atoms with E-state index in [1.807, 2.05) is 18.9 Å². The summed E-state index contributed by atoms with van der Waals surface area (Å²) in [6, 6.07) is 1.42. The summed E-state index contributed by atoms with van der Waals surface area (Å²) in [7, 11) is 1.88. The maximum Gasteiger partial charge on any atom is 0.333 e. The van der Waals surface area contributed by atoms with Gasteiger partial charge in [-0.05, 0) is 32.6 Å². The van der Waals surface area contributed by atoms with Crippen LogP contribution in [0.3, 0.4) is 0 Å². The predicted octanol–water partition coefficient (Wildman–Crippen LogP) is 3.72. The molecule has 7 nitrogen and oxygen atoms in total. The summed E-state index contributed by atoms with van der Waals surface area (Å²) in [6.45, 7) is 9.24. The van der Waals surface area contributed by atoms with Crippen LogP contribution in [0, 0.1) is 23.0 Å². The molecule has 7 heteroatoms. The molecule has 1 rings (SSSR count).